The van der Waals surface area contributed by atoms with Crippen molar-refractivity contribution in [3.8, 4) is 5.75 Å². The maximum atomic E-state index is 13.0. The van der Waals surface area contributed by atoms with Crippen LogP contribution < -0.4 is 10.1 Å². The Hall–Kier alpha value is -2.53. The Labute approximate surface area is 178 Å². The van der Waals surface area contributed by atoms with E-state index >= 15 is 0 Å². The number of ether oxygens (including phenoxy) is 1. The summed E-state index contributed by atoms with van der Waals surface area (Å²) in [6.45, 7) is 8.37. The lowest BCUT2D eigenvalue weighted by Crippen LogP contribution is -2.49. The van der Waals surface area contributed by atoms with Gasteiger partial charge < -0.3 is 15.0 Å². The monoisotopic (exact) mass is 416 g/mol. The van der Waals surface area contributed by atoms with E-state index in [1.165, 1.54) is 0 Å². The lowest BCUT2D eigenvalue weighted by atomic mass is 10.1. The van der Waals surface area contributed by atoms with Gasteiger partial charge in [-0.2, -0.15) is 0 Å². The van der Waals surface area contributed by atoms with Crippen LogP contribution in [0.1, 0.15) is 37.0 Å². The SMILES string of the molecule is CCCNC(=O)[C@H](C)N(Cc1ccc(C)cc1)C(=O)COc1ccc(Cl)c(C)c1. The first-order chi connectivity index (χ1) is 13.8. The molecule has 29 heavy (non-hydrogen) atoms. The molecule has 1 atom stereocenters. The molecule has 0 fully saturated rings. The summed E-state index contributed by atoms with van der Waals surface area (Å²) in [5.74, 6) is 0.144. The number of halogens is 1. The van der Waals surface area contributed by atoms with Crippen molar-refractivity contribution in [2.75, 3.05) is 13.2 Å². The fourth-order valence-corrected chi connectivity index (χ4v) is 2.92. The molecule has 0 aliphatic heterocycles. The molecule has 0 spiro atoms. The summed E-state index contributed by atoms with van der Waals surface area (Å²) >= 11 is 6.04. The van der Waals surface area contributed by atoms with E-state index in [1.807, 2.05) is 45.0 Å². The molecular weight excluding hydrogens is 388 g/mol. The van der Waals surface area contributed by atoms with Crippen LogP contribution in [-0.4, -0.2) is 35.9 Å². The number of amides is 2. The van der Waals surface area contributed by atoms with E-state index in [9.17, 15) is 9.59 Å². The van der Waals surface area contributed by atoms with Gasteiger partial charge in [0, 0.05) is 18.1 Å². The average molecular weight is 417 g/mol. The van der Waals surface area contributed by atoms with E-state index in [1.54, 1.807) is 30.0 Å². The molecular formula is C23H29ClN2O3. The van der Waals surface area contributed by atoms with Crippen LogP contribution in [0.2, 0.25) is 5.02 Å². The number of carbonyl (C=O) groups excluding carboxylic acids is 2. The third kappa shape index (κ3) is 6.79. The Morgan fingerprint density at radius 2 is 1.83 bits per heavy atom. The molecule has 0 heterocycles. The molecule has 0 aliphatic rings. The number of nitrogens with zero attached hydrogens (tertiary/aromatic N) is 1. The van der Waals surface area contributed by atoms with Gasteiger partial charge in [0.1, 0.15) is 11.8 Å². The van der Waals surface area contributed by atoms with Crippen LogP contribution in [-0.2, 0) is 16.1 Å². The number of hydrogen-bond acceptors (Lipinski definition) is 3. The lowest BCUT2D eigenvalue weighted by molar-refractivity contribution is -0.142. The van der Waals surface area contributed by atoms with Crippen molar-refractivity contribution < 1.29 is 14.3 Å². The molecule has 0 saturated carbocycles. The van der Waals surface area contributed by atoms with E-state index in [0.717, 1.165) is 23.1 Å². The number of benzene rings is 2. The summed E-state index contributed by atoms with van der Waals surface area (Å²) in [6, 6.07) is 12.6. The summed E-state index contributed by atoms with van der Waals surface area (Å²) in [6.07, 6.45) is 0.837. The van der Waals surface area contributed by atoms with E-state index in [-0.39, 0.29) is 18.4 Å². The second-order valence-corrected chi connectivity index (χ2v) is 7.58. The first-order valence-corrected chi connectivity index (χ1v) is 10.2. The maximum absolute atomic E-state index is 13.0. The van der Waals surface area contributed by atoms with Crippen LogP contribution >= 0.6 is 11.6 Å². The highest BCUT2D eigenvalue weighted by molar-refractivity contribution is 6.31. The van der Waals surface area contributed by atoms with Gasteiger partial charge in [0.15, 0.2) is 6.61 Å². The van der Waals surface area contributed by atoms with Crippen LogP contribution in [0.5, 0.6) is 5.75 Å². The quantitative estimate of drug-likeness (QED) is 0.663. The van der Waals surface area contributed by atoms with Crippen molar-refractivity contribution in [2.45, 2.75) is 46.7 Å². The third-order valence-corrected chi connectivity index (χ3v) is 5.11. The van der Waals surface area contributed by atoms with Gasteiger partial charge in [0.25, 0.3) is 5.91 Å². The van der Waals surface area contributed by atoms with Gasteiger partial charge in [-0.25, -0.2) is 0 Å². The molecule has 6 heteroatoms. The van der Waals surface area contributed by atoms with Gasteiger partial charge in [-0.05, 0) is 56.5 Å². The zero-order valence-corrected chi connectivity index (χ0v) is 18.3. The van der Waals surface area contributed by atoms with Gasteiger partial charge in [0.2, 0.25) is 5.91 Å². The molecule has 5 nitrogen and oxygen atoms in total. The normalized spacial score (nSPS) is 11.6. The van der Waals surface area contributed by atoms with Gasteiger partial charge in [-0.3, -0.25) is 9.59 Å². The van der Waals surface area contributed by atoms with Crippen molar-refractivity contribution in [2.24, 2.45) is 0 Å². The fraction of sp³-hybridized carbons (Fsp3) is 0.391. The van der Waals surface area contributed by atoms with Crippen molar-refractivity contribution in [3.05, 3.63) is 64.2 Å². The standard InChI is InChI=1S/C23H29ClN2O3/c1-5-12-25-23(28)18(4)26(14-19-8-6-16(2)7-9-19)22(27)15-29-20-10-11-21(24)17(3)13-20/h6-11,13,18H,5,12,14-15H2,1-4H3,(H,25,28)/t18-/m0/s1. The second-order valence-electron chi connectivity index (χ2n) is 7.17. The van der Waals surface area contributed by atoms with Gasteiger partial charge in [0.05, 0.1) is 0 Å². The predicted molar refractivity (Wildman–Crippen MR) is 116 cm³/mol. The molecule has 2 aromatic rings. The van der Waals surface area contributed by atoms with E-state index in [4.69, 9.17) is 16.3 Å². The van der Waals surface area contributed by atoms with Crippen LogP contribution in [0.25, 0.3) is 0 Å². The highest BCUT2D eigenvalue weighted by atomic mass is 35.5. The molecule has 0 radical (unpaired) electrons. The number of carbonyl (C=O) groups is 2. The van der Waals surface area contributed by atoms with E-state index < -0.39 is 6.04 Å². The lowest BCUT2D eigenvalue weighted by Gasteiger charge is -2.28. The number of rotatable bonds is 9. The van der Waals surface area contributed by atoms with Gasteiger partial charge in [-0.1, -0.05) is 48.4 Å². The molecule has 0 bridgehead atoms. The Bertz CT molecular complexity index is 837. The van der Waals surface area contributed by atoms with Crippen LogP contribution in [0, 0.1) is 13.8 Å². The molecule has 0 aliphatic carbocycles. The Balaban J connectivity index is 2.13. The topological polar surface area (TPSA) is 58.6 Å². The smallest absolute Gasteiger partial charge is 0.261 e. The highest BCUT2D eigenvalue weighted by Crippen LogP contribution is 2.21. The van der Waals surface area contributed by atoms with Crippen molar-refractivity contribution in [1.82, 2.24) is 10.2 Å². The zero-order valence-electron chi connectivity index (χ0n) is 17.5. The minimum absolute atomic E-state index is 0.154. The van der Waals surface area contributed by atoms with Gasteiger partial charge in [-0.15, -0.1) is 0 Å². The summed E-state index contributed by atoms with van der Waals surface area (Å²) < 4.78 is 5.67. The molecule has 0 aromatic heterocycles. The molecule has 0 unspecified atom stereocenters. The van der Waals surface area contributed by atoms with Crippen molar-refractivity contribution >= 4 is 23.4 Å². The minimum atomic E-state index is -0.606. The molecule has 1 N–H and O–H groups in total. The molecule has 2 amide bonds. The summed E-state index contributed by atoms with van der Waals surface area (Å²) in [5.41, 5.74) is 2.98. The second kappa shape index (κ2) is 10.9. The Morgan fingerprint density at radius 3 is 2.45 bits per heavy atom. The summed E-state index contributed by atoms with van der Waals surface area (Å²) in [5, 5.41) is 3.51. The maximum Gasteiger partial charge on any atom is 0.261 e. The summed E-state index contributed by atoms with van der Waals surface area (Å²) in [4.78, 5) is 27.0. The van der Waals surface area contributed by atoms with Crippen LogP contribution in [0.4, 0.5) is 0 Å². The number of aryl methyl sites for hydroxylation is 2. The van der Waals surface area contributed by atoms with Crippen molar-refractivity contribution in [3.63, 3.8) is 0 Å². The van der Waals surface area contributed by atoms with Crippen LogP contribution in [0.3, 0.4) is 0 Å². The zero-order chi connectivity index (χ0) is 21.4. The van der Waals surface area contributed by atoms with E-state index in [2.05, 4.69) is 5.32 Å². The number of hydrogen-bond donors (Lipinski definition) is 1. The Kier molecular flexibility index (Phi) is 8.52. The predicted octanol–water partition coefficient (Wildman–Crippen LogP) is 4.28. The number of nitrogens with one attached hydrogen (secondary N) is 1. The fourth-order valence-electron chi connectivity index (χ4n) is 2.80. The van der Waals surface area contributed by atoms with Crippen molar-refractivity contribution in [1.29, 1.82) is 0 Å². The largest absolute Gasteiger partial charge is 0.484 e. The molecule has 2 aromatic carbocycles. The molecule has 0 saturated heterocycles. The molecule has 2 rings (SSSR count). The van der Waals surface area contributed by atoms with Gasteiger partial charge >= 0.3 is 0 Å². The van der Waals surface area contributed by atoms with Crippen LogP contribution in [0.15, 0.2) is 42.5 Å². The first-order valence-electron chi connectivity index (χ1n) is 9.83. The highest BCUT2D eigenvalue weighted by Gasteiger charge is 2.26. The molecule has 156 valence electrons. The third-order valence-electron chi connectivity index (χ3n) is 4.68. The average Bonchev–Trinajstić information content (AvgIpc) is 2.71. The summed E-state index contributed by atoms with van der Waals surface area (Å²) in [7, 11) is 0. The van der Waals surface area contributed by atoms with E-state index in [0.29, 0.717) is 23.9 Å². The Morgan fingerprint density at radius 1 is 1.14 bits per heavy atom. The first kappa shape index (κ1) is 22.8. The minimum Gasteiger partial charge on any atom is -0.484 e.